The lowest BCUT2D eigenvalue weighted by Crippen LogP contribution is -2.12. The molecule has 0 saturated carbocycles. The molecule has 0 radical (unpaired) electrons. The lowest BCUT2D eigenvalue weighted by molar-refractivity contribution is -0.136. The molecule has 0 atom stereocenters. The van der Waals surface area contributed by atoms with Gasteiger partial charge in [0.25, 0.3) is 0 Å². The van der Waals surface area contributed by atoms with Crippen LogP contribution in [0.2, 0.25) is 0 Å². The lowest BCUT2D eigenvalue weighted by atomic mass is 10.1. The van der Waals surface area contributed by atoms with Gasteiger partial charge in [-0.2, -0.15) is 0 Å². The third-order valence-corrected chi connectivity index (χ3v) is 3.34. The van der Waals surface area contributed by atoms with Crippen LogP contribution in [0.5, 0.6) is 17.2 Å². The largest absolute Gasteiger partial charge is 0.493 e. The van der Waals surface area contributed by atoms with Gasteiger partial charge in [-0.3, -0.25) is 4.79 Å². The molecule has 2 rings (SSSR count). The van der Waals surface area contributed by atoms with E-state index in [0.29, 0.717) is 28.5 Å². The monoisotopic (exact) mass is 345 g/mol. The summed E-state index contributed by atoms with van der Waals surface area (Å²) in [6.45, 7) is -0.334. The summed E-state index contributed by atoms with van der Waals surface area (Å²) in [5, 5.41) is 0. The van der Waals surface area contributed by atoms with Crippen LogP contribution in [0, 0.1) is 0 Å². The second-order valence-electron chi connectivity index (χ2n) is 4.91. The van der Waals surface area contributed by atoms with E-state index in [2.05, 4.69) is 4.98 Å². The van der Waals surface area contributed by atoms with Crippen molar-refractivity contribution >= 4 is 17.8 Å². The van der Waals surface area contributed by atoms with Crippen LogP contribution in [-0.2, 0) is 9.53 Å². The van der Waals surface area contributed by atoms with Gasteiger partial charge in [-0.15, -0.1) is 0 Å². The maximum Gasteiger partial charge on any atom is 0.331 e. The first-order valence-electron chi connectivity index (χ1n) is 7.40. The molecule has 0 fully saturated rings. The van der Waals surface area contributed by atoms with Crippen molar-refractivity contribution in [2.45, 2.75) is 0 Å². The Morgan fingerprint density at radius 3 is 2.28 bits per heavy atom. The molecule has 0 aliphatic heterocycles. The zero-order valence-electron chi connectivity index (χ0n) is 14.2. The average molecular weight is 345 g/mol. The molecule has 1 N–H and O–H groups in total. The quantitative estimate of drug-likeness (QED) is 0.449. The number of hydrogen-bond acceptors (Lipinski definition) is 6. The summed E-state index contributed by atoms with van der Waals surface area (Å²) >= 11 is 0. The van der Waals surface area contributed by atoms with Crippen LogP contribution in [0.1, 0.15) is 16.1 Å². The standard InChI is InChI=1S/C18H19NO6/c1-22-15-9-12(10-16(23-2)18(15)24-3)6-7-17(21)25-11-14(20)13-5-4-8-19-13/h4-10,19H,11H2,1-3H3/b7-6+. The van der Waals surface area contributed by atoms with Crippen LogP contribution in [-0.4, -0.2) is 44.7 Å². The van der Waals surface area contributed by atoms with Crippen molar-refractivity contribution in [2.75, 3.05) is 27.9 Å². The van der Waals surface area contributed by atoms with Gasteiger partial charge in [0.05, 0.1) is 27.0 Å². The highest BCUT2D eigenvalue weighted by Gasteiger charge is 2.12. The van der Waals surface area contributed by atoms with Crippen LogP contribution in [0.15, 0.2) is 36.5 Å². The van der Waals surface area contributed by atoms with Gasteiger partial charge in [-0.25, -0.2) is 4.79 Å². The molecule has 7 heteroatoms. The van der Waals surface area contributed by atoms with Crippen molar-refractivity contribution in [3.05, 3.63) is 47.8 Å². The van der Waals surface area contributed by atoms with Gasteiger partial charge in [0, 0.05) is 12.3 Å². The maximum atomic E-state index is 11.8. The van der Waals surface area contributed by atoms with Gasteiger partial charge in [0.1, 0.15) is 0 Å². The number of rotatable bonds is 8. The molecule has 1 heterocycles. The Hall–Kier alpha value is -3.22. The van der Waals surface area contributed by atoms with Crippen LogP contribution in [0.25, 0.3) is 6.08 Å². The van der Waals surface area contributed by atoms with Gasteiger partial charge in [0.15, 0.2) is 18.1 Å². The second kappa shape index (κ2) is 8.58. The van der Waals surface area contributed by atoms with Crippen molar-refractivity contribution in [1.29, 1.82) is 0 Å². The number of Topliss-reactive ketones (excluding diaryl/α,β-unsaturated/α-hetero) is 1. The van der Waals surface area contributed by atoms with Crippen LogP contribution < -0.4 is 14.2 Å². The van der Waals surface area contributed by atoms with E-state index in [0.717, 1.165) is 0 Å². The number of ketones is 1. The number of methoxy groups -OCH3 is 3. The van der Waals surface area contributed by atoms with E-state index in [1.807, 2.05) is 0 Å². The molecule has 0 bridgehead atoms. The Kier molecular flexibility index (Phi) is 6.22. The van der Waals surface area contributed by atoms with E-state index in [9.17, 15) is 9.59 Å². The highest BCUT2D eigenvalue weighted by Crippen LogP contribution is 2.38. The smallest absolute Gasteiger partial charge is 0.331 e. The molecular weight excluding hydrogens is 326 g/mol. The molecule has 1 aromatic heterocycles. The molecular formula is C18H19NO6. The molecule has 0 amide bonds. The van der Waals surface area contributed by atoms with E-state index in [-0.39, 0.29) is 12.4 Å². The molecule has 25 heavy (non-hydrogen) atoms. The van der Waals surface area contributed by atoms with E-state index in [1.165, 1.54) is 33.5 Å². The molecule has 7 nitrogen and oxygen atoms in total. The molecule has 1 aromatic carbocycles. The first kappa shape index (κ1) is 18.1. The average Bonchev–Trinajstić information content (AvgIpc) is 3.18. The summed E-state index contributed by atoms with van der Waals surface area (Å²) in [5.41, 5.74) is 1.04. The topological polar surface area (TPSA) is 86.9 Å². The molecule has 2 aromatic rings. The number of hydrogen-bond donors (Lipinski definition) is 1. The molecule has 0 saturated heterocycles. The molecule has 0 spiro atoms. The highest BCUT2D eigenvalue weighted by atomic mass is 16.5. The Bertz CT molecular complexity index is 739. The minimum absolute atomic E-state index is 0.306. The summed E-state index contributed by atoms with van der Waals surface area (Å²) in [6, 6.07) is 6.69. The van der Waals surface area contributed by atoms with Crippen LogP contribution in [0.3, 0.4) is 0 Å². The summed E-state index contributed by atoms with van der Waals surface area (Å²) in [7, 11) is 4.52. The third-order valence-electron chi connectivity index (χ3n) is 3.34. The molecule has 132 valence electrons. The Morgan fingerprint density at radius 1 is 1.08 bits per heavy atom. The van der Waals surface area contributed by atoms with Crippen LogP contribution >= 0.6 is 0 Å². The van der Waals surface area contributed by atoms with Gasteiger partial charge in [0.2, 0.25) is 11.5 Å². The van der Waals surface area contributed by atoms with Crippen molar-refractivity contribution in [1.82, 2.24) is 4.98 Å². The number of ether oxygens (including phenoxy) is 4. The van der Waals surface area contributed by atoms with E-state index in [4.69, 9.17) is 18.9 Å². The zero-order valence-corrected chi connectivity index (χ0v) is 14.2. The van der Waals surface area contributed by atoms with Crippen LogP contribution in [0.4, 0.5) is 0 Å². The fraction of sp³-hybridized carbons (Fsp3) is 0.222. The number of aromatic nitrogens is 1. The fourth-order valence-electron chi connectivity index (χ4n) is 2.13. The number of aromatic amines is 1. The molecule has 0 unspecified atom stereocenters. The summed E-state index contributed by atoms with van der Waals surface area (Å²) in [4.78, 5) is 26.3. The minimum atomic E-state index is -0.631. The molecule has 0 aliphatic rings. The predicted octanol–water partition coefficient (Wildman–Crippen LogP) is 2.48. The van der Waals surface area contributed by atoms with Gasteiger partial charge in [-0.1, -0.05) is 0 Å². The maximum absolute atomic E-state index is 11.8. The first-order valence-corrected chi connectivity index (χ1v) is 7.40. The fourth-order valence-corrected chi connectivity index (χ4v) is 2.13. The van der Waals surface area contributed by atoms with Gasteiger partial charge in [-0.05, 0) is 35.9 Å². The second-order valence-corrected chi connectivity index (χ2v) is 4.91. The number of nitrogens with one attached hydrogen (secondary N) is 1. The van der Waals surface area contributed by atoms with Gasteiger partial charge >= 0.3 is 5.97 Å². The number of benzene rings is 1. The summed E-state index contributed by atoms with van der Waals surface area (Å²) < 4.78 is 20.6. The first-order chi connectivity index (χ1) is 12.1. The number of carbonyl (C=O) groups is 2. The lowest BCUT2D eigenvalue weighted by Gasteiger charge is -2.12. The molecule has 0 aliphatic carbocycles. The van der Waals surface area contributed by atoms with Crippen molar-refractivity contribution in [2.24, 2.45) is 0 Å². The van der Waals surface area contributed by atoms with Crippen molar-refractivity contribution < 1.29 is 28.5 Å². The SMILES string of the molecule is COc1cc(/C=C/C(=O)OCC(=O)c2ccc[nH]2)cc(OC)c1OC. The predicted molar refractivity (Wildman–Crippen MR) is 91.2 cm³/mol. The van der Waals surface area contributed by atoms with Crippen molar-refractivity contribution in [3.63, 3.8) is 0 Å². The van der Waals surface area contributed by atoms with E-state index < -0.39 is 5.97 Å². The number of esters is 1. The third kappa shape index (κ3) is 4.63. The summed E-state index contributed by atoms with van der Waals surface area (Å²) in [5.74, 6) is 0.461. The van der Waals surface area contributed by atoms with Crippen molar-refractivity contribution in [3.8, 4) is 17.2 Å². The normalized spacial score (nSPS) is 10.5. The highest BCUT2D eigenvalue weighted by molar-refractivity contribution is 5.97. The Balaban J connectivity index is 2.03. The minimum Gasteiger partial charge on any atom is -0.493 e. The number of H-pyrrole nitrogens is 1. The van der Waals surface area contributed by atoms with E-state index in [1.54, 1.807) is 30.5 Å². The van der Waals surface area contributed by atoms with Gasteiger partial charge < -0.3 is 23.9 Å². The summed E-state index contributed by atoms with van der Waals surface area (Å²) in [6.07, 6.45) is 4.38. The van der Waals surface area contributed by atoms with E-state index >= 15 is 0 Å². The number of carbonyl (C=O) groups excluding carboxylic acids is 2. The Morgan fingerprint density at radius 2 is 1.76 bits per heavy atom. The Labute approximate surface area is 145 Å². The zero-order chi connectivity index (χ0) is 18.2.